The number of hydrogen-bond acceptors (Lipinski definition) is 6. The highest BCUT2D eigenvalue weighted by Gasteiger charge is 2.47. The summed E-state index contributed by atoms with van der Waals surface area (Å²) in [5.41, 5.74) is 8.07. The minimum absolute atomic E-state index is 0.395. The molecule has 6 nitrogen and oxygen atoms in total. The van der Waals surface area contributed by atoms with Crippen molar-refractivity contribution in [1.82, 2.24) is 4.98 Å². The van der Waals surface area contributed by atoms with Gasteiger partial charge in [-0.05, 0) is 114 Å². The minimum Gasteiger partial charge on any atom is -0.365 e. The number of ether oxygens (including phenoxy) is 1. The van der Waals surface area contributed by atoms with Crippen LogP contribution in [0.25, 0.3) is 10.9 Å². The summed E-state index contributed by atoms with van der Waals surface area (Å²) in [7, 11) is 0. The Bertz CT molecular complexity index is 1090. The third-order valence-corrected chi connectivity index (χ3v) is 10.0. The summed E-state index contributed by atoms with van der Waals surface area (Å²) in [5.74, 6) is 1.12. The van der Waals surface area contributed by atoms with E-state index in [2.05, 4.69) is 22.0 Å². The van der Waals surface area contributed by atoms with Crippen molar-refractivity contribution in [2.45, 2.75) is 120 Å². The van der Waals surface area contributed by atoms with E-state index in [9.17, 15) is 0 Å². The van der Waals surface area contributed by atoms with E-state index < -0.39 is 11.4 Å². The minimum atomic E-state index is -0.606. The van der Waals surface area contributed by atoms with Gasteiger partial charge in [0.25, 0.3) is 0 Å². The molecule has 3 aliphatic carbocycles. The van der Waals surface area contributed by atoms with Crippen LogP contribution < -0.4 is 10.6 Å². The van der Waals surface area contributed by atoms with Gasteiger partial charge < -0.3 is 15.4 Å². The lowest BCUT2D eigenvalue weighted by atomic mass is 9.71. The number of pyridine rings is 1. The molecule has 208 valence electrons. The fourth-order valence-electron chi connectivity index (χ4n) is 7.58. The van der Waals surface area contributed by atoms with E-state index in [1.807, 2.05) is 32.2 Å². The second-order valence-electron chi connectivity index (χ2n) is 13.0. The van der Waals surface area contributed by atoms with Crippen LogP contribution in [0, 0.1) is 11.8 Å². The van der Waals surface area contributed by atoms with Crippen molar-refractivity contribution in [3.63, 3.8) is 0 Å². The molecule has 2 aromatic rings. The summed E-state index contributed by atoms with van der Waals surface area (Å²) >= 11 is 6.35. The summed E-state index contributed by atoms with van der Waals surface area (Å²) < 4.78 is 6.27. The van der Waals surface area contributed by atoms with Crippen LogP contribution in [0.1, 0.15) is 90.9 Å². The van der Waals surface area contributed by atoms with Crippen molar-refractivity contribution in [2.75, 3.05) is 11.5 Å². The Morgan fingerprint density at radius 3 is 2.18 bits per heavy atom. The van der Waals surface area contributed by atoms with Gasteiger partial charge in [0, 0.05) is 53.3 Å². The van der Waals surface area contributed by atoms with Gasteiger partial charge in [0.2, 0.25) is 5.79 Å². The molecule has 0 radical (unpaired) electrons. The first-order valence-electron chi connectivity index (χ1n) is 14.9. The van der Waals surface area contributed by atoms with Crippen LogP contribution in [0.15, 0.2) is 30.5 Å². The molecule has 2 heterocycles. The number of halogens is 1. The standard InChI is InChI=1S/C31H44ClN3O3/c1-30(2)20-36-31(38-37-30)16-13-26(14-17-31)35(29-15-18-34-28-19-23(32)7-12-27(28)29)25-10-5-22(6-11-25)21-3-8-24(33)9-4-21/h7,12,15,18-19,21-22,24-26H,3-6,8-11,13-14,16-17,20,33H2,1-2H3. The molecule has 6 rings (SSSR count). The van der Waals surface area contributed by atoms with Gasteiger partial charge in [0.15, 0.2) is 0 Å². The van der Waals surface area contributed by atoms with E-state index in [0.29, 0.717) is 24.7 Å². The maximum Gasteiger partial charge on any atom is 0.201 e. The molecule has 4 fully saturated rings. The fraction of sp³-hybridized carbons (Fsp3) is 0.710. The molecule has 1 aromatic heterocycles. The van der Waals surface area contributed by atoms with Crippen LogP contribution >= 0.6 is 11.6 Å². The zero-order valence-corrected chi connectivity index (χ0v) is 23.8. The number of anilines is 1. The Labute approximate surface area is 232 Å². The average molecular weight is 542 g/mol. The summed E-state index contributed by atoms with van der Waals surface area (Å²) in [6.07, 6.45) is 15.9. The number of hydrogen-bond donors (Lipinski definition) is 1. The fourth-order valence-corrected chi connectivity index (χ4v) is 7.75. The molecule has 38 heavy (non-hydrogen) atoms. The molecular formula is C31H44ClN3O3. The second kappa shape index (κ2) is 10.9. The smallest absolute Gasteiger partial charge is 0.201 e. The number of aromatic nitrogens is 1. The van der Waals surface area contributed by atoms with Gasteiger partial charge in [-0.1, -0.05) is 11.6 Å². The third-order valence-electron chi connectivity index (χ3n) is 9.79. The van der Waals surface area contributed by atoms with Crippen molar-refractivity contribution in [3.05, 3.63) is 35.5 Å². The Morgan fingerprint density at radius 1 is 0.868 bits per heavy atom. The normalized spacial score (nSPS) is 35.8. The number of nitrogens with zero attached hydrogens (tertiary/aromatic N) is 2. The van der Waals surface area contributed by atoms with Gasteiger partial charge >= 0.3 is 0 Å². The molecule has 0 amide bonds. The summed E-state index contributed by atoms with van der Waals surface area (Å²) in [5, 5.41) is 1.92. The number of benzene rings is 1. The van der Waals surface area contributed by atoms with E-state index in [1.54, 1.807) is 0 Å². The zero-order valence-electron chi connectivity index (χ0n) is 23.0. The van der Waals surface area contributed by atoms with Gasteiger partial charge in [-0.3, -0.25) is 4.98 Å². The monoisotopic (exact) mass is 541 g/mol. The topological polar surface area (TPSA) is 69.8 Å². The van der Waals surface area contributed by atoms with Gasteiger partial charge in [0.05, 0.1) is 12.1 Å². The molecule has 0 atom stereocenters. The third kappa shape index (κ3) is 5.57. The highest BCUT2D eigenvalue weighted by atomic mass is 35.5. The van der Waals surface area contributed by atoms with Crippen LogP contribution in [-0.2, 0) is 14.5 Å². The Balaban J connectivity index is 1.22. The molecule has 1 spiro atoms. The Hall–Kier alpha value is -1.44. The predicted octanol–water partition coefficient (Wildman–Crippen LogP) is 7.17. The maximum absolute atomic E-state index is 6.35. The van der Waals surface area contributed by atoms with E-state index in [0.717, 1.165) is 48.1 Å². The Morgan fingerprint density at radius 2 is 1.53 bits per heavy atom. The van der Waals surface area contributed by atoms with Crippen LogP contribution in [0.2, 0.25) is 5.02 Å². The zero-order chi connectivity index (χ0) is 26.3. The van der Waals surface area contributed by atoms with Gasteiger partial charge in [-0.2, -0.15) is 0 Å². The van der Waals surface area contributed by atoms with Crippen molar-refractivity contribution >= 4 is 28.2 Å². The lowest BCUT2D eigenvalue weighted by Crippen LogP contribution is -2.54. The number of nitrogens with two attached hydrogens (primary N) is 1. The molecular weight excluding hydrogens is 498 g/mol. The second-order valence-corrected chi connectivity index (χ2v) is 13.4. The maximum atomic E-state index is 6.35. The van der Waals surface area contributed by atoms with E-state index in [1.165, 1.54) is 62.4 Å². The van der Waals surface area contributed by atoms with Crippen LogP contribution in [0.4, 0.5) is 5.69 Å². The molecule has 7 heteroatoms. The summed E-state index contributed by atoms with van der Waals surface area (Å²) in [6, 6.07) is 9.73. The van der Waals surface area contributed by atoms with Crippen molar-refractivity contribution in [3.8, 4) is 0 Å². The molecule has 1 saturated heterocycles. The molecule has 3 saturated carbocycles. The van der Waals surface area contributed by atoms with E-state index in [4.69, 9.17) is 31.8 Å². The van der Waals surface area contributed by atoms with Crippen LogP contribution in [-0.4, -0.2) is 41.1 Å². The van der Waals surface area contributed by atoms with Gasteiger partial charge in [0.1, 0.15) is 5.60 Å². The predicted molar refractivity (Wildman–Crippen MR) is 152 cm³/mol. The van der Waals surface area contributed by atoms with Crippen LogP contribution in [0.3, 0.4) is 0 Å². The first-order chi connectivity index (χ1) is 18.3. The average Bonchev–Trinajstić information content (AvgIpc) is 2.93. The quantitative estimate of drug-likeness (QED) is 0.414. The molecule has 2 N–H and O–H groups in total. The number of fused-ring (bicyclic) bond motifs is 1. The first kappa shape index (κ1) is 26.8. The molecule has 1 aromatic carbocycles. The lowest BCUT2D eigenvalue weighted by Gasteiger charge is -2.50. The van der Waals surface area contributed by atoms with Gasteiger partial charge in [-0.15, -0.1) is 0 Å². The summed E-state index contributed by atoms with van der Waals surface area (Å²) in [4.78, 5) is 19.0. The van der Waals surface area contributed by atoms with Gasteiger partial charge in [-0.25, -0.2) is 9.78 Å². The molecule has 0 bridgehead atoms. The Kier molecular flexibility index (Phi) is 7.64. The largest absolute Gasteiger partial charge is 0.365 e. The SMILES string of the molecule is CC1(C)COC2(CCC(N(c3ccnc4cc(Cl)ccc34)C3CCC(C4CCC(N)CC4)CC3)CC2)OO1. The summed E-state index contributed by atoms with van der Waals surface area (Å²) in [6.45, 7) is 4.57. The lowest BCUT2D eigenvalue weighted by molar-refractivity contribution is -0.511. The first-order valence-corrected chi connectivity index (χ1v) is 15.3. The highest BCUT2D eigenvalue weighted by molar-refractivity contribution is 6.31. The molecule has 1 aliphatic heterocycles. The van der Waals surface area contributed by atoms with E-state index >= 15 is 0 Å². The highest BCUT2D eigenvalue weighted by Crippen LogP contribution is 2.45. The number of rotatable bonds is 4. The van der Waals surface area contributed by atoms with Crippen LogP contribution in [0.5, 0.6) is 0 Å². The van der Waals surface area contributed by atoms with Crippen molar-refractivity contribution in [1.29, 1.82) is 0 Å². The van der Waals surface area contributed by atoms with Crippen molar-refractivity contribution < 1.29 is 14.5 Å². The molecule has 0 unspecified atom stereocenters. The molecule has 4 aliphatic rings. The van der Waals surface area contributed by atoms with E-state index in [-0.39, 0.29) is 0 Å². The van der Waals surface area contributed by atoms with Crippen molar-refractivity contribution in [2.24, 2.45) is 17.6 Å².